The normalized spacial score (nSPS) is 23.3. The Morgan fingerprint density at radius 1 is 1.13 bits per heavy atom. The van der Waals surface area contributed by atoms with Crippen molar-refractivity contribution in [1.82, 2.24) is 14.3 Å². The lowest BCUT2D eigenvalue weighted by Crippen LogP contribution is -2.31. The first-order chi connectivity index (χ1) is 11.0. The number of rotatable bonds is 3. The number of hydrogen-bond acceptors (Lipinski definition) is 3. The van der Waals surface area contributed by atoms with Crippen LogP contribution in [0.1, 0.15) is 50.3 Å². The topological polar surface area (TPSA) is 59.3 Å². The Morgan fingerprint density at radius 2 is 1.83 bits per heavy atom. The molecule has 1 N–H and O–H groups in total. The van der Waals surface area contributed by atoms with Crippen molar-refractivity contribution >= 4 is 11.6 Å². The molecule has 2 heterocycles. The van der Waals surface area contributed by atoms with E-state index in [2.05, 4.69) is 10.2 Å². The van der Waals surface area contributed by atoms with Crippen molar-refractivity contribution in [2.75, 3.05) is 25.5 Å². The van der Waals surface area contributed by atoms with E-state index in [4.69, 9.17) is 0 Å². The Labute approximate surface area is 137 Å². The Morgan fingerprint density at radius 3 is 2.43 bits per heavy atom. The Hall–Kier alpha value is -1.56. The van der Waals surface area contributed by atoms with Crippen LogP contribution in [0.5, 0.6) is 0 Å². The van der Waals surface area contributed by atoms with E-state index in [9.17, 15) is 9.59 Å². The molecule has 2 aliphatic rings. The average molecular weight is 320 g/mol. The van der Waals surface area contributed by atoms with Crippen LogP contribution < -0.4 is 10.9 Å². The maximum Gasteiger partial charge on any atom is 0.290 e. The smallest absolute Gasteiger partial charge is 0.290 e. The number of nitrogens with one attached hydrogen (secondary N) is 1. The minimum Gasteiger partial charge on any atom is -0.320 e. The molecule has 0 spiro atoms. The molecule has 3 rings (SSSR count). The summed E-state index contributed by atoms with van der Waals surface area (Å²) in [6.07, 6.45) is 6.59. The molecule has 1 aromatic heterocycles. The molecule has 1 saturated carbocycles. The van der Waals surface area contributed by atoms with Gasteiger partial charge in [0.1, 0.15) is 5.69 Å². The fourth-order valence-corrected chi connectivity index (χ4v) is 3.98. The van der Waals surface area contributed by atoms with E-state index in [0.717, 1.165) is 38.0 Å². The molecular weight excluding hydrogens is 292 g/mol. The highest BCUT2D eigenvalue weighted by Crippen LogP contribution is 2.28. The summed E-state index contributed by atoms with van der Waals surface area (Å²) >= 11 is 0. The third-order valence-corrected chi connectivity index (χ3v) is 5.52. The molecule has 1 aliphatic heterocycles. The molecule has 0 radical (unpaired) electrons. The summed E-state index contributed by atoms with van der Waals surface area (Å²) in [5.74, 6) is -0.0296. The van der Waals surface area contributed by atoms with Gasteiger partial charge in [-0.15, -0.1) is 0 Å². The molecule has 1 amide bonds. The van der Waals surface area contributed by atoms with E-state index in [1.807, 2.05) is 30.4 Å². The summed E-state index contributed by atoms with van der Waals surface area (Å²) < 4.78 is 3.78. The van der Waals surface area contributed by atoms with Gasteiger partial charge < -0.3 is 10.2 Å². The van der Waals surface area contributed by atoms with Gasteiger partial charge >= 0.3 is 0 Å². The molecule has 1 atom stereocenters. The van der Waals surface area contributed by atoms with E-state index in [0.29, 0.717) is 5.69 Å². The lowest BCUT2D eigenvalue weighted by atomic mass is 9.96. The van der Waals surface area contributed by atoms with Crippen LogP contribution in [0.2, 0.25) is 0 Å². The molecule has 1 aliphatic carbocycles. The van der Waals surface area contributed by atoms with Crippen LogP contribution >= 0.6 is 0 Å². The first kappa shape index (κ1) is 16.3. The van der Waals surface area contributed by atoms with Crippen LogP contribution in [0.25, 0.3) is 0 Å². The molecule has 0 bridgehead atoms. The maximum absolute atomic E-state index is 12.8. The van der Waals surface area contributed by atoms with E-state index in [-0.39, 0.29) is 23.4 Å². The molecule has 2 fully saturated rings. The minimum atomic E-state index is -0.0448. The molecule has 6 heteroatoms. The van der Waals surface area contributed by atoms with E-state index in [1.54, 1.807) is 0 Å². The van der Waals surface area contributed by atoms with Crippen LogP contribution in [-0.2, 0) is 11.8 Å². The van der Waals surface area contributed by atoms with Gasteiger partial charge in [-0.3, -0.25) is 14.3 Å². The third-order valence-electron chi connectivity index (χ3n) is 5.52. The van der Waals surface area contributed by atoms with Gasteiger partial charge in [-0.25, -0.2) is 4.68 Å². The van der Waals surface area contributed by atoms with E-state index >= 15 is 0 Å². The van der Waals surface area contributed by atoms with Gasteiger partial charge in [-0.2, -0.15) is 0 Å². The second-order valence-corrected chi connectivity index (χ2v) is 7.16. The lowest BCUT2D eigenvalue weighted by Gasteiger charge is -2.24. The largest absolute Gasteiger partial charge is 0.320 e. The predicted molar refractivity (Wildman–Crippen MR) is 90.8 cm³/mol. The van der Waals surface area contributed by atoms with Crippen molar-refractivity contribution in [2.24, 2.45) is 13.0 Å². The molecule has 6 nitrogen and oxygen atoms in total. The summed E-state index contributed by atoms with van der Waals surface area (Å²) in [6, 6.07) is 0.267. The van der Waals surface area contributed by atoms with Crippen LogP contribution in [0.4, 0.5) is 5.69 Å². The zero-order valence-corrected chi connectivity index (χ0v) is 14.5. The van der Waals surface area contributed by atoms with Crippen LogP contribution in [0.3, 0.4) is 0 Å². The Balaban J connectivity index is 1.82. The predicted octanol–water partition coefficient (Wildman–Crippen LogP) is 1.89. The van der Waals surface area contributed by atoms with Gasteiger partial charge in [0.15, 0.2) is 0 Å². The number of aromatic nitrogens is 2. The number of hydrogen-bond donors (Lipinski definition) is 1. The summed E-state index contributed by atoms with van der Waals surface area (Å²) in [6.45, 7) is 3.63. The van der Waals surface area contributed by atoms with Crippen molar-refractivity contribution < 1.29 is 4.79 Å². The van der Waals surface area contributed by atoms with E-state index < -0.39 is 0 Å². The van der Waals surface area contributed by atoms with Gasteiger partial charge in [0.25, 0.3) is 5.56 Å². The van der Waals surface area contributed by atoms with Crippen molar-refractivity contribution in [3.05, 3.63) is 16.0 Å². The van der Waals surface area contributed by atoms with Crippen LogP contribution in [0, 0.1) is 12.8 Å². The first-order valence-corrected chi connectivity index (χ1v) is 8.76. The lowest BCUT2D eigenvalue weighted by molar-refractivity contribution is -0.119. The van der Waals surface area contributed by atoms with Crippen LogP contribution in [0.15, 0.2) is 4.79 Å². The third kappa shape index (κ3) is 3.09. The van der Waals surface area contributed by atoms with Gasteiger partial charge in [0, 0.05) is 13.6 Å². The standard InChI is InChI=1S/C17H28N4O2/c1-12-15(18-16(22)13-9-10-19(2)11-13)17(23)21(20(12)3)14-7-5-4-6-8-14/h13-14H,4-11H2,1-3H3,(H,18,22). The summed E-state index contributed by atoms with van der Waals surface area (Å²) in [5, 5.41) is 2.92. The molecule has 128 valence electrons. The second kappa shape index (κ2) is 6.51. The number of carbonyl (C=O) groups excluding carboxylic acids is 1. The fourth-order valence-electron chi connectivity index (χ4n) is 3.98. The summed E-state index contributed by atoms with van der Waals surface area (Å²) in [4.78, 5) is 27.5. The zero-order chi connectivity index (χ0) is 16.6. The summed E-state index contributed by atoms with van der Waals surface area (Å²) in [5.41, 5.74) is 1.27. The van der Waals surface area contributed by atoms with Gasteiger partial charge in [-0.1, -0.05) is 19.3 Å². The van der Waals surface area contributed by atoms with Crippen LogP contribution in [-0.4, -0.2) is 40.3 Å². The number of amides is 1. The Kier molecular flexibility index (Phi) is 4.62. The van der Waals surface area contributed by atoms with E-state index in [1.165, 1.54) is 19.3 Å². The maximum atomic E-state index is 12.8. The van der Waals surface area contributed by atoms with Gasteiger partial charge in [-0.05, 0) is 39.8 Å². The highest BCUT2D eigenvalue weighted by atomic mass is 16.2. The number of nitrogens with zero attached hydrogens (tertiary/aromatic N) is 3. The Bertz CT molecular complexity index is 640. The molecule has 1 saturated heterocycles. The molecule has 23 heavy (non-hydrogen) atoms. The minimum absolute atomic E-state index is 0.0119. The van der Waals surface area contributed by atoms with Crippen molar-refractivity contribution in [1.29, 1.82) is 0 Å². The highest BCUT2D eigenvalue weighted by Gasteiger charge is 2.29. The molecule has 0 aromatic carbocycles. The number of anilines is 1. The van der Waals surface area contributed by atoms with Crippen molar-refractivity contribution in [3.63, 3.8) is 0 Å². The first-order valence-electron chi connectivity index (χ1n) is 8.76. The summed E-state index contributed by atoms with van der Waals surface area (Å²) in [7, 11) is 3.95. The highest BCUT2D eigenvalue weighted by molar-refractivity contribution is 5.93. The molecule has 1 aromatic rings. The molecule has 1 unspecified atom stereocenters. The number of carbonyl (C=O) groups is 1. The van der Waals surface area contributed by atoms with Crippen molar-refractivity contribution in [2.45, 2.75) is 51.5 Å². The molecular formula is C17H28N4O2. The van der Waals surface area contributed by atoms with Crippen molar-refractivity contribution in [3.8, 4) is 0 Å². The fraction of sp³-hybridized carbons (Fsp3) is 0.765. The average Bonchev–Trinajstić information content (AvgIpc) is 3.06. The second-order valence-electron chi connectivity index (χ2n) is 7.16. The number of likely N-dealkylation sites (tertiary alicyclic amines) is 1. The quantitative estimate of drug-likeness (QED) is 0.925. The zero-order valence-electron chi connectivity index (χ0n) is 14.5. The van der Waals surface area contributed by atoms with Gasteiger partial charge in [0.05, 0.1) is 17.7 Å². The SMILES string of the molecule is Cc1c(NC(=O)C2CCN(C)C2)c(=O)n(C2CCCCC2)n1C. The monoisotopic (exact) mass is 320 g/mol. The van der Waals surface area contributed by atoms with Gasteiger partial charge in [0.2, 0.25) is 5.91 Å².